The van der Waals surface area contributed by atoms with Crippen LogP contribution >= 0.6 is 7.14 Å². The molecule has 16 heavy (non-hydrogen) atoms. The average molecular weight is 229 g/mol. The summed E-state index contributed by atoms with van der Waals surface area (Å²) in [6, 6.07) is 10.4. The first-order chi connectivity index (χ1) is 7.73. The topological polar surface area (TPSA) is 0 Å². The van der Waals surface area contributed by atoms with Gasteiger partial charge < -0.3 is 0 Å². The summed E-state index contributed by atoms with van der Waals surface area (Å²) < 4.78 is 0. The maximum atomic E-state index is 6.58. The van der Waals surface area contributed by atoms with Crippen molar-refractivity contribution in [2.75, 3.05) is 12.3 Å². The molecule has 0 bridgehead atoms. The molecule has 0 saturated carbocycles. The van der Waals surface area contributed by atoms with E-state index in [1.54, 1.807) is 0 Å². The van der Waals surface area contributed by atoms with Gasteiger partial charge in [-0.15, -0.1) is 6.58 Å². The Labute approximate surface area is 101 Å². The molecule has 0 aliphatic heterocycles. The normalized spacial score (nSPS) is 14.1. The number of hydrogen-bond donors (Lipinski definition) is 0. The number of allylic oxidation sites excluding steroid dienone is 2. The van der Waals surface area contributed by atoms with Crippen LogP contribution in [0.2, 0.25) is 0 Å². The fourth-order valence-electron chi connectivity index (χ4n) is 1.80. The van der Waals surface area contributed by atoms with Crippen LogP contribution < -0.4 is 5.30 Å². The van der Waals surface area contributed by atoms with Crippen LogP contribution in [0, 0.1) is 0 Å². The summed E-state index contributed by atoms with van der Waals surface area (Å²) in [6.07, 6.45) is 8.08. The number of unbranched alkanes of at least 4 members (excludes halogenated alkanes) is 1. The quantitative estimate of drug-likeness (QED) is 0.290. The molecule has 0 aliphatic carbocycles. The second kappa shape index (κ2) is 6.71. The Kier molecular flexibility index (Phi) is 5.56. The highest BCUT2D eigenvalue weighted by molar-refractivity contribution is 8.03. The Bertz CT molecular complexity index is 334. The Hall–Kier alpha value is -0.805. The highest BCUT2D eigenvalue weighted by Gasteiger charge is 2.18. The van der Waals surface area contributed by atoms with Gasteiger partial charge in [-0.1, -0.05) is 36.9 Å². The van der Waals surface area contributed by atoms with E-state index in [1.807, 2.05) is 18.2 Å². The molecule has 1 aromatic rings. The van der Waals surface area contributed by atoms with Crippen LogP contribution in [0.5, 0.6) is 0 Å². The van der Waals surface area contributed by atoms with E-state index in [9.17, 15) is 0 Å². The number of benzene rings is 1. The molecule has 0 fully saturated rings. The van der Waals surface area contributed by atoms with Crippen molar-refractivity contribution in [2.24, 2.45) is 0 Å². The summed E-state index contributed by atoms with van der Waals surface area (Å²) in [7, 11) is 5.06. The van der Waals surface area contributed by atoms with Gasteiger partial charge in [0.1, 0.15) is 0 Å². The molecule has 0 nitrogen and oxygen atoms in total. The Morgan fingerprint density at radius 3 is 2.38 bits per heavy atom. The van der Waals surface area contributed by atoms with Gasteiger partial charge in [0.25, 0.3) is 0 Å². The van der Waals surface area contributed by atoms with Gasteiger partial charge in [0, 0.05) is 17.6 Å². The third-order valence-electron chi connectivity index (χ3n) is 2.69. The zero-order valence-corrected chi connectivity index (χ0v) is 10.7. The lowest BCUT2D eigenvalue weighted by molar-refractivity contribution is 0.967. The van der Waals surface area contributed by atoms with Crippen LogP contribution in [0.15, 0.2) is 55.6 Å². The third kappa shape index (κ3) is 3.65. The van der Waals surface area contributed by atoms with Gasteiger partial charge in [0.15, 0.2) is 0 Å². The van der Waals surface area contributed by atoms with E-state index in [-0.39, 0.29) is 0 Å². The lowest BCUT2D eigenvalue weighted by atomic mass is 10.3. The van der Waals surface area contributed by atoms with E-state index in [2.05, 4.69) is 37.4 Å². The molecule has 1 unspecified atom stereocenters. The largest absolute Gasteiger partial charge is 0.299 e. The molecule has 2 heteroatoms. The molecule has 0 aliphatic rings. The lowest BCUT2D eigenvalue weighted by Gasteiger charge is -2.35. The summed E-state index contributed by atoms with van der Waals surface area (Å²) in [5, 5.41) is 1.30. The van der Waals surface area contributed by atoms with Crippen LogP contribution in [0.4, 0.5) is 0 Å². The number of hydrogen-bond acceptors (Lipinski definition) is 0. The van der Waals surface area contributed by atoms with Gasteiger partial charge in [-0.3, -0.25) is 7.57 Å². The van der Waals surface area contributed by atoms with Gasteiger partial charge in [0.2, 0.25) is 0 Å². The fraction of sp³-hybridized carbons (Fsp3) is 0.286. The molecule has 0 spiro atoms. The van der Waals surface area contributed by atoms with Crippen molar-refractivity contribution < 1.29 is 0 Å². The third-order valence-corrected chi connectivity index (χ3v) is 6.04. The van der Waals surface area contributed by atoms with Crippen molar-refractivity contribution in [2.45, 2.75) is 12.8 Å². The van der Waals surface area contributed by atoms with E-state index in [4.69, 9.17) is 7.57 Å². The number of rotatable bonds is 7. The van der Waals surface area contributed by atoms with Crippen molar-refractivity contribution in [3.63, 3.8) is 0 Å². The summed E-state index contributed by atoms with van der Waals surface area (Å²) in [4.78, 5) is 0. The molecule has 3 radical (unpaired) electrons. The van der Waals surface area contributed by atoms with E-state index >= 15 is 0 Å². The fourth-order valence-corrected chi connectivity index (χ4v) is 4.42. The minimum Gasteiger partial charge on any atom is -0.299 e. The summed E-state index contributed by atoms with van der Waals surface area (Å²) in [5.41, 5.74) is 0. The molecule has 1 atom stereocenters. The Morgan fingerprint density at radius 1 is 1.12 bits per heavy atom. The molecular formula is C14H19BP. The first-order valence-corrected chi connectivity index (χ1v) is 7.89. The van der Waals surface area contributed by atoms with Crippen molar-refractivity contribution in [3.05, 3.63) is 55.6 Å². The molecule has 0 amide bonds. The first kappa shape index (κ1) is 13.3. The van der Waals surface area contributed by atoms with Crippen molar-refractivity contribution in [3.8, 4) is 0 Å². The summed E-state index contributed by atoms with van der Waals surface area (Å²) in [5.74, 6) is 0. The molecule has 1 rings (SSSR count). The smallest absolute Gasteiger partial charge is 0.0421 e. The minimum atomic E-state index is -1.52. The van der Waals surface area contributed by atoms with Gasteiger partial charge in [0.05, 0.1) is 0 Å². The van der Waals surface area contributed by atoms with Crippen LogP contribution in [-0.2, 0) is 0 Å². The molecule has 0 N–H and O–H groups in total. The maximum Gasteiger partial charge on any atom is 0.0421 e. The highest BCUT2D eigenvalue weighted by atomic mass is 31.2. The minimum absolute atomic E-state index is 0.925. The summed E-state index contributed by atoms with van der Waals surface area (Å²) >= 11 is 0. The second-order valence-corrected chi connectivity index (χ2v) is 7.39. The maximum absolute atomic E-state index is 6.58. The Morgan fingerprint density at radius 2 is 1.81 bits per heavy atom. The molecule has 0 saturated heterocycles. The van der Waals surface area contributed by atoms with E-state index in [0.29, 0.717) is 0 Å². The molecular weight excluding hydrogens is 210 g/mol. The van der Waals surface area contributed by atoms with Crippen molar-refractivity contribution in [1.82, 2.24) is 0 Å². The van der Waals surface area contributed by atoms with Gasteiger partial charge in [-0.2, -0.15) is 0 Å². The zero-order valence-electron chi connectivity index (χ0n) is 9.81. The first-order valence-electron chi connectivity index (χ1n) is 5.66. The predicted octanol–water partition coefficient (Wildman–Crippen LogP) is 3.57. The molecule has 83 valence electrons. The van der Waals surface area contributed by atoms with Crippen LogP contribution in [0.25, 0.3) is 0 Å². The van der Waals surface area contributed by atoms with Gasteiger partial charge >= 0.3 is 0 Å². The Balaban J connectivity index is 2.79. The van der Waals surface area contributed by atoms with E-state index in [0.717, 1.165) is 25.2 Å². The van der Waals surface area contributed by atoms with Gasteiger partial charge in [-0.05, 0) is 25.0 Å². The lowest BCUT2D eigenvalue weighted by Crippen LogP contribution is -2.16. The molecule has 1 aromatic carbocycles. The standard InChI is InChI=1S/C14H19BP/c1-3-5-9-13-16(15,12-4-2)14-10-7-6-8-11-14/h3-4,6-8,10-11H,1-2,5,9,12-13H2. The van der Waals surface area contributed by atoms with Crippen LogP contribution in [0.1, 0.15) is 12.8 Å². The van der Waals surface area contributed by atoms with E-state index in [1.165, 1.54) is 5.30 Å². The van der Waals surface area contributed by atoms with E-state index < -0.39 is 7.14 Å². The second-order valence-electron chi connectivity index (χ2n) is 4.00. The highest BCUT2D eigenvalue weighted by Crippen LogP contribution is 2.53. The predicted molar refractivity (Wildman–Crippen MR) is 78.1 cm³/mol. The summed E-state index contributed by atoms with van der Waals surface area (Å²) in [6.45, 7) is 7.58. The van der Waals surface area contributed by atoms with Crippen molar-refractivity contribution >= 4 is 20.0 Å². The van der Waals surface area contributed by atoms with Gasteiger partial charge in [-0.25, -0.2) is 7.14 Å². The molecule has 0 heterocycles. The van der Waals surface area contributed by atoms with Crippen LogP contribution in [-0.4, -0.2) is 19.9 Å². The van der Waals surface area contributed by atoms with Crippen LogP contribution in [0.3, 0.4) is 0 Å². The SMILES string of the molecule is [B-][P+](CC=C)(CCCC=C)c1ccccc1. The monoisotopic (exact) mass is 229 g/mol. The van der Waals surface area contributed by atoms with Crippen molar-refractivity contribution in [1.29, 1.82) is 0 Å². The molecule has 0 aromatic heterocycles. The average Bonchev–Trinajstić information content (AvgIpc) is 2.31. The zero-order chi connectivity index (χ0) is 11.9.